The Kier molecular flexibility index (Phi) is 12.5. The largest absolute Gasteiger partial charge is 0.480 e. The third-order valence-electron chi connectivity index (χ3n) is 7.78. The van der Waals surface area contributed by atoms with Crippen LogP contribution in [0, 0.1) is 41.4 Å². The van der Waals surface area contributed by atoms with Gasteiger partial charge >= 0.3 is 5.97 Å². The highest BCUT2D eigenvalue weighted by molar-refractivity contribution is 5.68. The van der Waals surface area contributed by atoms with Gasteiger partial charge in [-0.2, -0.15) is 0 Å². The molecule has 30 heavy (non-hydrogen) atoms. The van der Waals surface area contributed by atoms with E-state index < -0.39 is 5.97 Å². The van der Waals surface area contributed by atoms with Gasteiger partial charge in [-0.25, -0.2) is 4.79 Å². The van der Waals surface area contributed by atoms with Crippen LogP contribution in [0.2, 0.25) is 0 Å². The molecule has 178 valence electrons. The molecule has 0 heterocycles. The highest BCUT2D eigenvalue weighted by atomic mass is 16.5. The molecule has 1 fully saturated rings. The highest BCUT2D eigenvalue weighted by Crippen LogP contribution is 2.42. The Hall–Kier alpha value is -0.610. The number of aliphatic hydroxyl groups excluding tert-OH is 1. The lowest BCUT2D eigenvalue weighted by Crippen LogP contribution is -2.51. The molecule has 0 aromatic carbocycles. The second kappa shape index (κ2) is 13.7. The number of ether oxygens (including phenoxy) is 1. The van der Waals surface area contributed by atoms with E-state index in [9.17, 15) is 9.90 Å². The summed E-state index contributed by atoms with van der Waals surface area (Å²) < 4.78 is 5.75. The normalized spacial score (nSPS) is 31.6. The standard InChI is InChI=1S/C26H50O4/c1-17(2)10-8-11-18(3)12-9-13-19(4)14-15-23-22(7)26(30-16-24(27)28)21(6)20(5)25(23)29/h17-23,25-26,29H,8-16H2,1-7H3,(H,27,28)/t18?,19-,20?,21?,22?,23?,25?,26?/m0/s1. The Morgan fingerprint density at radius 3 is 1.90 bits per heavy atom. The molecule has 0 saturated heterocycles. The van der Waals surface area contributed by atoms with Crippen molar-refractivity contribution in [2.24, 2.45) is 41.4 Å². The van der Waals surface area contributed by atoms with Crippen molar-refractivity contribution in [2.45, 2.75) is 112 Å². The molecule has 2 N–H and O–H groups in total. The predicted octanol–water partition coefficient (Wildman–Crippen LogP) is 6.40. The molecule has 0 aromatic heterocycles. The van der Waals surface area contributed by atoms with Gasteiger partial charge in [0.15, 0.2) is 0 Å². The fourth-order valence-electron chi connectivity index (χ4n) is 5.39. The van der Waals surface area contributed by atoms with Crippen molar-refractivity contribution in [1.29, 1.82) is 0 Å². The number of hydrogen-bond acceptors (Lipinski definition) is 3. The molecule has 1 saturated carbocycles. The first-order chi connectivity index (χ1) is 14.0. The van der Waals surface area contributed by atoms with Crippen LogP contribution in [0.15, 0.2) is 0 Å². The molecule has 0 bridgehead atoms. The van der Waals surface area contributed by atoms with Crippen molar-refractivity contribution in [3.8, 4) is 0 Å². The van der Waals surface area contributed by atoms with Crippen LogP contribution in [0.3, 0.4) is 0 Å². The van der Waals surface area contributed by atoms with Gasteiger partial charge in [0.25, 0.3) is 0 Å². The second-order valence-corrected chi connectivity index (χ2v) is 10.9. The van der Waals surface area contributed by atoms with E-state index in [2.05, 4.69) is 48.5 Å². The minimum Gasteiger partial charge on any atom is -0.480 e. The SMILES string of the molecule is CC(C)CCCC(C)CCC[C@H](C)CCC1C(C)C(OCC(=O)O)C(C)C(C)C1O. The first-order valence-electron chi connectivity index (χ1n) is 12.6. The fourth-order valence-corrected chi connectivity index (χ4v) is 5.39. The lowest BCUT2D eigenvalue weighted by atomic mass is 9.64. The minimum atomic E-state index is -0.920. The maximum atomic E-state index is 11.0. The van der Waals surface area contributed by atoms with Crippen LogP contribution in [0.5, 0.6) is 0 Å². The Morgan fingerprint density at radius 2 is 1.37 bits per heavy atom. The monoisotopic (exact) mass is 426 g/mol. The minimum absolute atomic E-state index is 0.0912. The van der Waals surface area contributed by atoms with Crippen LogP contribution in [0.1, 0.15) is 99.8 Å². The summed E-state index contributed by atoms with van der Waals surface area (Å²) >= 11 is 0. The predicted molar refractivity (Wildman–Crippen MR) is 124 cm³/mol. The van der Waals surface area contributed by atoms with E-state index in [0.717, 1.165) is 24.7 Å². The number of aliphatic hydroxyl groups is 1. The lowest BCUT2D eigenvalue weighted by molar-refractivity contribution is -0.159. The van der Waals surface area contributed by atoms with Gasteiger partial charge in [0.05, 0.1) is 12.2 Å². The summed E-state index contributed by atoms with van der Waals surface area (Å²) in [5.41, 5.74) is 0. The van der Waals surface area contributed by atoms with Gasteiger partial charge in [-0.1, -0.05) is 93.4 Å². The van der Waals surface area contributed by atoms with E-state index in [1.807, 2.05) is 0 Å². The first-order valence-corrected chi connectivity index (χ1v) is 12.6. The summed E-state index contributed by atoms with van der Waals surface area (Å²) in [5.74, 6) is 2.05. The van der Waals surface area contributed by atoms with Crippen LogP contribution in [-0.2, 0) is 9.53 Å². The molecule has 0 aliphatic heterocycles. The Labute approximate surface area is 186 Å². The Morgan fingerprint density at radius 1 is 0.833 bits per heavy atom. The molecule has 1 aliphatic rings. The maximum absolute atomic E-state index is 11.0. The summed E-state index contributed by atoms with van der Waals surface area (Å²) in [7, 11) is 0. The van der Waals surface area contributed by atoms with E-state index in [4.69, 9.17) is 9.84 Å². The molecule has 1 rings (SSSR count). The van der Waals surface area contributed by atoms with E-state index in [0.29, 0.717) is 5.92 Å². The number of carboxylic acids is 1. The molecule has 0 spiro atoms. The summed E-state index contributed by atoms with van der Waals surface area (Å²) in [6, 6.07) is 0. The molecular formula is C26H50O4. The van der Waals surface area contributed by atoms with E-state index in [-0.39, 0.29) is 42.5 Å². The number of hydrogen-bond donors (Lipinski definition) is 2. The van der Waals surface area contributed by atoms with Gasteiger partial charge < -0.3 is 14.9 Å². The average Bonchev–Trinajstić information content (AvgIpc) is 2.65. The average molecular weight is 427 g/mol. The van der Waals surface area contributed by atoms with Crippen molar-refractivity contribution in [3.05, 3.63) is 0 Å². The molecule has 0 aromatic rings. The van der Waals surface area contributed by atoms with Gasteiger partial charge in [0.1, 0.15) is 6.61 Å². The smallest absolute Gasteiger partial charge is 0.329 e. The van der Waals surface area contributed by atoms with E-state index >= 15 is 0 Å². The summed E-state index contributed by atoms with van der Waals surface area (Å²) in [6.07, 6.45) is 9.64. The van der Waals surface area contributed by atoms with Crippen LogP contribution in [-0.4, -0.2) is 35.0 Å². The molecule has 4 heteroatoms. The quantitative estimate of drug-likeness (QED) is 0.337. The van der Waals surface area contributed by atoms with Gasteiger partial charge in [-0.05, 0) is 47.8 Å². The zero-order valence-corrected chi connectivity index (χ0v) is 20.8. The Balaban J connectivity index is 2.42. The van der Waals surface area contributed by atoms with Crippen LogP contribution >= 0.6 is 0 Å². The number of rotatable bonds is 14. The van der Waals surface area contributed by atoms with Crippen molar-refractivity contribution in [3.63, 3.8) is 0 Å². The van der Waals surface area contributed by atoms with Crippen molar-refractivity contribution < 1.29 is 19.7 Å². The molecule has 1 aliphatic carbocycles. The third kappa shape index (κ3) is 9.26. The maximum Gasteiger partial charge on any atom is 0.329 e. The molecule has 8 atom stereocenters. The van der Waals surface area contributed by atoms with Crippen LogP contribution in [0.25, 0.3) is 0 Å². The van der Waals surface area contributed by atoms with E-state index in [1.54, 1.807) is 0 Å². The van der Waals surface area contributed by atoms with Crippen molar-refractivity contribution in [2.75, 3.05) is 6.61 Å². The second-order valence-electron chi connectivity index (χ2n) is 10.9. The van der Waals surface area contributed by atoms with Gasteiger partial charge in [-0.15, -0.1) is 0 Å². The van der Waals surface area contributed by atoms with Crippen LogP contribution < -0.4 is 0 Å². The molecule has 0 radical (unpaired) electrons. The van der Waals surface area contributed by atoms with Crippen molar-refractivity contribution >= 4 is 5.97 Å². The number of carbonyl (C=O) groups is 1. The summed E-state index contributed by atoms with van der Waals surface area (Å²) in [6.45, 7) is 15.4. The van der Waals surface area contributed by atoms with E-state index in [1.165, 1.54) is 38.5 Å². The fraction of sp³-hybridized carbons (Fsp3) is 0.962. The summed E-state index contributed by atoms with van der Waals surface area (Å²) in [5, 5.41) is 19.9. The number of carboxylic acid groups (broad SMARTS) is 1. The molecular weight excluding hydrogens is 376 g/mol. The zero-order chi connectivity index (χ0) is 22.8. The lowest BCUT2D eigenvalue weighted by Gasteiger charge is -2.47. The zero-order valence-electron chi connectivity index (χ0n) is 20.8. The summed E-state index contributed by atoms with van der Waals surface area (Å²) in [4.78, 5) is 11.0. The van der Waals surface area contributed by atoms with Gasteiger partial charge in [0.2, 0.25) is 0 Å². The topological polar surface area (TPSA) is 66.8 Å². The molecule has 0 amide bonds. The molecule has 4 nitrogen and oxygen atoms in total. The van der Waals surface area contributed by atoms with Gasteiger partial charge in [0, 0.05) is 0 Å². The number of aliphatic carboxylic acids is 1. The highest BCUT2D eigenvalue weighted by Gasteiger charge is 2.45. The van der Waals surface area contributed by atoms with Crippen LogP contribution in [0.4, 0.5) is 0 Å². The third-order valence-corrected chi connectivity index (χ3v) is 7.78. The Bertz CT molecular complexity index is 478. The molecule has 7 unspecified atom stereocenters. The first kappa shape index (κ1) is 27.4. The van der Waals surface area contributed by atoms with Gasteiger partial charge in [-0.3, -0.25) is 0 Å². The van der Waals surface area contributed by atoms with Crippen molar-refractivity contribution in [1.82, 2.24) is 0 Å².